The lowest BCUT2D eigenvalue weighted by Gasteiger charge is -2.38. The largest absolute Gasteiger partial charge is 0.487 e. The molecule has 0 amide bonds. The van der Waals surface area contributed by atoms with E-state index in [1.807, 2.05) is 45.0 Å². The highest BCUT2D eigenvalue weighted by Gasteiger charge is 2.34. The minimum absolute atomic E-state index is 0. The van der Waals surface area contributed by atoms with Crippen LogP contribution in [0.15, 0.2) is 29.3 Å². The fourth-order valence-electron chi connectivity index (χ4n) is 2.82. The molecule has 7 heteroatoms. The molecular formula is C19H30IN3O3. The minimum atomic E-state index is -0.501. The Morgan fingerprint density at radius 3 is 2.62 bits per heavy atom. The Balaban J connectivity index is 0.00000338. The average Bonchev–Trinajstić information content (AvgIpc) is 2.48. The van der Waals surface area contributed by atoms with Crippen LogP contribution in [0.25, 0.3) is 0 Å². The predicted molar refractivity (Wildman–Crippen MR) is 114 cm³/mol. The van der Waals surface area contributed by atoms with Crippen LogP contribution in [0.4, 0.5) is 0 Å². The van der Waals surface area contributed by atoms with Crippen molar-refractivity contribution < 1.29 is 14.3 Å². The molecule has 1 unspecified atom stereocenters. The molecule has 0 aliphatic carbocycles. The van der Waals surface area contributed by atoms with Crippen LogP contribution in [-0.2, 0) is 9.53 Å². The van der Waals surface area contributed by atoms with Gasteiger partial charge in [0.15, 0.2) is 5.96 Å². The van der Waals surface area contributed by atoms with Gasteiger partial charge in [0.05, 0.1) is 6.04 Å². The van der Waals surface area contributed by atoms with Crippen molar-refractivity contribution in [1.82, 2.24) is 10.6 Å². The Kier molecular flexibility index (Phi) is 7.73. The van der Waals surface area contributed by atoms with E-state index in [4.69, 9.17) is 9.47 Å². The van der Waals surface area contributed by atoms with Gasteiger partial charge in [-0.3, -0.25) is 9.79 Å². The van der Waals surface area contributed by atoms with Gasteiger partial charge in [0.1, 0.15) is 23.5 Å². The number of nitrogens with one attached hydrogen (secondary N) is 2. The number of aliphatic imine (C=N–C) groups is 1. The average molecular weight is 475 g/mol. The number of carbonyl (C=O) groups is 1. The fraction of sp³-hybridized carbons (Fsp3) is 0.579. The van der Waals surface area contributed by atoms with Crippen LogP contribution in [0.5, 0.6) is 5.75 Å². The van der Waals surface area contributed by atoms with E-state index in [1.165, 1.54) is 0 Å². The Morgan fingerprint density at radius 2 is 2.00 bits per heavy atom. The number of hydrogen-bond donors (Lipinski definition) is 2. The number of hydrogen-bond acceptors (Lipinski definition) is 4. The first-order valence-corrected chi connectivity index (χ1v) is 8.57. The van der Waals surface area contributed by atoms with Gasteiger partial charge in [0, 0.05) is 19.0 Å². The molecule has 1 atom stereocenters. The molecule has 0 saturated carbocycles. The Hall–Kier alpha value is -1.51. The molecule has 0 fully saturated rings. The second-order valence-electron chi connectivity index (χ2n) is 7.81. The Bertz CT molecular complexity index is 654. The molecule has 2 N–H and O–H groups in total. The first-order valence-electron chi connectivity index (χ1n) is 8.57. The summed E-state index contributed by atoms with van der Waals surface area (Å²) in [5, 5.41) is 6.41. The standard InChI is InChI=1S/C19H29N3O3.HI/c1-18(2,3)25-16(23)12-21-17(20-6)22-14-11-19(4,5)24-15-10-8-7-9-13(14)15;/h7-10,14H,11-12H2,1-6H3,(H2,20,21,22);1H. The van der Waals surface area contributed by atoms with E-state index in [-0.39, 0.29) is 48.1 Å². The molecule has 26 heavy (non-hydrogen) atoms. The lowest BCUT2D eigenvalue weighted by molar-refractivity contribution is -0.153. The predicted octanol–water partition coefficient (Wildman–Crippen LogP) is 3.41. The molecule has 1 aliphatic heterocycles. The molecule has 0 saturated heterocycles. The molecular weight excluding hydrogens is 445 g/mol. The molecule has 2 rings (SSSR count). The van der Waals surface area contributed by atoms with Crippen molar-refractivity contribution in [2.24, 2.45) is 4.99 Å². The van der Waals surface area contributed by atoms with Crippen molar-refractivity contribution in [3.05, 3.63) is 29.8 Å². The van der Waals surface area contributed by atoms with Crippen molar-refractivity contribution in [3.8, 4) is 5.75 Å². The third-order valence-corrected chi connectivity index (χ3v) is 3.73. The van der Waals surface area contributed by atoms with Crippen LogP contribution in [0.2, 0.25) is 0 Å². The van der Waals surface area contributed by atoms with E-state index in [0.717, 1.165) is 17.7 Å². The second-order valence-corrected chi connectivity index (χ2v) is 7.81. The number of benzene rings is 1. The molecule has 1 aliphatic rings. The number of carbonyl (C=O) groups excluding carboxylic acids is 1. The third-order valence-electron chi connectivity index (χ3n) is 3.73. The summed E-state index contributed by atoms with van der Waals surface area (Å²) in [5.41, 5.74) is 0.303. The van der Waals surface area contributed by atoms with Gasteiger partial charge in [-0.1, -0.05) is 18.2 Å². The van der Waals surface area contributed by atoms with E-state index >= 15 is 0 Å². The van der Waals surface area contributed by atoms with Crippen LogP contribution in [0, 0.1) is 0 Å². The Morgan fingerprint density at radius 1 is 1.35 bits per heavy atom. The lowest BCUT2D eigenvalue weighted by atomic mass is 9.90. The number of rotatable bonds is 3. The van der Waals surface area contributed by atoms with Crippen LogP contribution in [-0.4, -0.2) is 36.7 Å². The van der Waals surface area contributed by atoms with Crippen molar-refractivity contribution in [2.45, 2.75) is 58.3 Å². The quantitative estimate of drug-likeness (QED) is 0.304. The number of nitrogens with zero attached hydrogens (tertiary/aromatic N) is 1. The first-order chi connectivity index (χ1) is 11.6. The molecule has 146 valence electrons. The maximum atomic E-state index is 11.9. The summed E-state index contributed by atoms with van der Waals surface area (Å²) in [6.45, 7) is 9.73. The number of guanidine groups is 1. The highest BCUT2D eigenvalue weighted by Crippen LogP contribution is 2.39. The smallest absolute Gasteiger partial charge is 0.325 e. The normalized spacial score (nSPS) is 18.7. The van der Waals surface area contributed by atoms with Gasteiger partial charge < -0.3 is 20.1 Å². The van der Waals surface area contributed by atoms with Crippen LogP contribution < -0.4 is 15.4 Å². The summed E-state index contributed by atoms with van der Waals surface area (Å²) < 4.78 is 11.4. The monoisotopic (exact) mass is 475 g/mol. The molecule has 1 aromatic carbocycles. The molecule has 1 aromatic rings. The van der Waals surface area contributed by atoms with Gasteiger partial charge in [0.2, 0.25) is 0 Å². The number of fused-ring (bicyclic) bond motifs is 1. The zero-order valence-electron chi connectivity index (χ0n) is 16.4. The zero-order chi connectivity index (χ0) is 18.7. The van der Waals surface area contributed by atoms with E-state index in [9.17, 15) is 4.79 Å². The molecule has 1 heterocycles. The highest BCUT2D eigenvalue weighted by atomic mass is 127. The minimum Gasteiger partial charge on any atom is -0.487 e. The number of halogens is 1. The van der Waals surface area contributed by atoms with Gasteiger partial charge in [-0.2, -0.15) is 0 Å². The summed E-state index contributed by atoms with van der Waals surface area (Å²) in [6, 6.07) is 8.02. The molecule has 0 bridgehead atoms. The van der Waals surface area contributed by atoms with Crippen molar-refractivity contribution in [2.75, 3.05) is 13.6 Å². The van der Waals surface area contributed by atoms with Crippen LogP contribution >= 0.6 is 24.0 Å². The maximum absolute atomic E-state index is 11.9. The topological polar surface area (TPSA) is 72.0 Å². The SMILES string of the molecule is CN=C(NCC(=O)OC(C)(C)C)NC1CC(C)(C)Oc2ccccc21.I. The van der Waals surface area contributed by atoms with Gasteiger partial charge >= 0.3 is 5.97 Å². The van der Waals surface area contributed by atoms with Crippen LogP contribution in [0.1, 0.15) is 52.6 Å². The lowest BCUT2D eigenvalue weighted by Crippen LogP contribution is -2.46. The molecule has 0 spiro atoms. The Labute approximate surface area is 173 Å². The van der Waals surface area contributed by atoms with E-state index < -0.39 is 5.60 Å². The van der Waals surface area contributed by atoms with E-state index in [2.05, 4.69) is 29.5 Å². The van der Waals surface area contributed by atoms with Gasteiger partial charge in [-0.15, -0.1) is 24.0 Å². The highest BCUT2D eigenvalue weighted by molar-refractivity contribution is 14.0. The number of esters is 1. The number of ether oxygens (including phenoxy) is 2. The fourth-order valence-corrected chi connectivity index (χ4v) is 2.82. The maximum Gasteiger partial charge on any atom is 0.325 e. The molecule has 6 nitrogen and oxygen atoms in total. The first kappa shape index (κ1) is 22.5. The summed E-state index contributed by atoms with van der Waals surface area (Å²) in [7, 11) is 1.68. The van der Waals surface area contributed by atoms with E-state index in [0.29, 0.717) is 5.96 Å². The summed E-state index contributed by atoms with van der Waals surface area (Å²) >= 11 is 0. The van der Waals surface area contributed by atoms with Gasteiger partial charge in [0.25, 0.3) is 0 Å². The zero-order valence-corrected chi connectivity index (χ0v) is 18.7. The van der Waals surface area contributed by atoms with Crippen molar-refractivity contribution >= 4 is 35.9 Å². The van der Waals surface area contributed by atoms with Gasteiger partial charge in [-0.25, -0.2) is 0 Å². The summed E-state index contributed by atoms with van der Waals surface area (Å²) in [5.74, 6) is 1.12. The third kappa shape index (κ3) is 6.66. The number of para-hydroxylation sites is 1. The van der Waals surface area contributed by atoms with Crippen molar-refractivity contribution in [1.29, 1.82) is 0 Å². The van der Waals surface area contributed by atoms with E-state index in [1.54, 1.807) is 7.05 Å². The summed E-state index contributed by atoms with van der Waals surface area (Å²) in [4.78, 5) is 16.1. The van der Waals surface area contributed by atoms with Crippen molar-refractivity contribution in [3.63, 3.8) is 0 Å². The molecule has 0 aromatic heterocycles. The molecule has 0 radical (unpaired) electrons. The summed E-state index contributed by atoms with van der Waals surface area (Å²) in [6.07, 6.45) is 0.789. The van der Waals surface area contributed by atoms with Crippen LogP contribution in [0.3, 0.4) is 0 Å². The second kappa shape index (κ2) is 8.92. The van der Waals surface area contributed by atoms with Gasteiger partial charge in [-0.05, 0) is 40.7 Å².